The summed E-state index contributed by atoms with van der Waals surface area (Å²) in [6.07, 6.45) is 0. The smallest absolute Gasteiger partial charge is 0.360 e. The number of hydrogen-bond acceptors (Lipinski definition) is 4. The van der Waals surface area contributed by atoms with E-state index in [0.29, 0.717) is 0 Å². The number of carbonyl (C=O) groups excluding carboxylic acids is 1. The van der Waals surface area contributed by atoms with Gasteiger partial charge in [0.2, 0.25) is 0 Å². The topological polar surface area (TPSA) is 52.3 Å². The van der Waals surface area contributed by atoms with Gasteiger partial charge >= 0.3 is 5.97 Å². The molecule has 18 heavy (non-hydrogen) atoms. The standard InChI is InChI=1S/C12H9F2NO3/c1-2-17-12(16)10-6-11(18-15-10)8-5-7(13)3-4-9(8)14/h3-6H,2H2,1H3. The van der Waals surface area contributed by atoms with Gasteiger partial charge in [-0.15, -0.1) is 0 Å². The van der Waals surface area contributed by atoms with E-state index in [1.54, 1.807) is 6.92 Å². The molecule has 0 amide bonds. The molecule has 4 nitrogen and oxygen atoms in total. The monoisotopic (exact) mass is 253 g/mol. The van der Waals surface area contributed by atoms with Crippen LogP contribution in [0.15, 0.2) is 28.8 Å². The molecule has 0 radical (unpaired) electrons. The van der Waals surface area contributed by atoms with E-state index in [1.165, 1.54) is 6.07 Å². The number of carbonyl (C=O) groups is 1. The van der Waals surface area contributed by atoms with Crippen molar-refractivity contribution in [1.29, 1.82) is 0 Å². The molecule has 2 aromatic rings. The van der Waals surface area contributed by atoms with E-state index in [1.807, 2.05) is 0 Å². The number of nitrogens with zero attached hydrogens (tertiary/aromatic N) is 1. The van der Waals surface area contributed by atoms with Crippen molar-refractivity contribution in [1.82, 2.24) is 5.16 Å². The maximum Gasteiger partial charge on any atom is 0.360 e. The van der Waals surface area contributed by atoms with Gasteiger partial charge in [-0.05, 0) is 25.1 Å². The van der Waals surface area contributed by atoms with Crippen LogP contribution in [0.25, 0.3) is 11.3 Å². The van der Waals surface area contributed by atoms with Crippen molar-refractivity contribution in [3.63, 3.8) is 0 Å². The van der Waals surface area contributed by atoms with Gasteiger partial charge in [0.15, 0.2) is 11.5 Å². The zero-order chi connectivity index (χ0) is 13.1. The molecule has 1 aromatic heterocycles. The number of aromatic nitrogens is 1. The summed E-state index contributed by atoms with van der Waals surface area (Å²) in [6.45, 7) is 1.83. The van der Waals surface area contributed by atoms with Gasteiger partial charge in [-0.25, -0.2) is 13.6 Å². The Labute approximate surface area is 101 Å². The van der Waals surface area contributed by atoms with Gasteiger partial charge in [-0.2, -0.15) is 0 Å². The molecular formula is C12H9F2NO3. The first-order valence-electron chi connectivity index (χ1n) is 5.21. The summed E-state index contributed by atoms with van der Waals surface area (Å²) in [5.74, 6) is -1.98. The minimum atomic E-state index is -0.677. The molecule has 0 aliphatic rings. The Morgan fingerprint density at radius 1 is 1.39 bits per heavy atom. The molecule has 0 unspecified atom stereocenters. The van der Waals surface area contributed by atoms with E-state index in [-0.39, 0.29) is 23.6 Å². The first-order chi connectivity index (χ1) is 8.61. The molecule has 0 atom stereocenters. The van der Waals surface area contributed by atoms with Crippen LogP contribution in [0.3, 0.4) is 0 Å². The van der Waals surface area contributed by atoms with Crippen LogP contribution in [-0.4, -0.2) is 17.7 Å². The Bertz CT molecular complexity index is 580. The maximum absolute atomic E-state index is 13.4. The summed E-state index contributed by atoms with van der Waals surface area (Å²) < 4.78 is 35.9. The molecule has 1 aromatic carbocycles. The Morgan fingerprint density at radius 2 is 2.17 bits per heavy atom. The average Bonchev–Trinajstić information content (AvgIpc) is 2.82. The first kappa shape index (κ1) is 12.2. The molecule has 0 spiro atoms. The largest absolute Gasteiger partial charge is 0.461 e. The van der Waals surface area contributed by atoms with Crippen molar-refractivity contribution in [3.05, 3.63) is 41.6 Å². The molecule has 6 heteroatoms. The zero-order valence-corrected chi connectivity index (χ0v) is 9.44. The Balaban J connectivity index is 2.35. The number of rotatable bonds is 3. The van der Waals surface area contributed by atoms with Crippen molar-refractivity contribution < 1.29 is 22.8 Å². The molecule has 94 valence electrons. The van der Waals surface area contributed by atoms with Crippen LogP contribution >= 0.6 is 0 Å². The van der Waals surface area contributed by atoms with Gasteiger partial charge in [-0.3, -0.25) is 0 Å². The second-order valence-corrected chi connectivity index (χ2v) is 3.42. The predicted molar refractivity (Wildman–Crippen MR) is 57.8 cm³/mol. The molecule has 1 heterocycles. The molecular weight excluding hydrogens is 244 g/mol. The lowest BCUT2D eigenvalue weighted by molar-refractivity contribution is 0.0514. The van der Waals surface area contributed by atoms with Crippen molar-refractivity contribution in [3.8, 4) is 11.3 Å². The highest BCUT2D eigenvalue weighted by Crippen LogP contribution is 2.24. The van der Waals surface area contributed by atoms with Crippen LogP contribution in [0.2, 0.25) is 0 Å². The van der Waals surface area contributed by atoms with Gasteiger partial charge in [0.1, 0.15) is 11.6 Å². The Hall–Kier alpha value is -2.24. The minimum absolute atomic E-state index is 0.0324. The van der Waals surface area contributed by atoms with Gasteiger partial charge in [0, 0.05) is 6.07 Å². The Morgan fingerprint density at radius 3 is 2.89 bits per heavy atom. The fourth-order valence-electron chi connectivity index (χ4n) is 1.39. The normalized spacial score (nSPS) is 10.4. The average molecular weight is 253 g/mol. The summed E-state index contributed by atoms with van der Waals surface area (Å²) in [5.41, 5.74) is -0.187. The molecule has 0 bridgehead atoms. The van der Waals surface area contributed by atoms with E-state index in [4.69, 9.17) is 9.26 Å². The third kappa shape index (κ3) is 2.37. The van der Waals surface area contributed by atoms with Gasteiger partial charge in [0.05, 0.1) is 12.2 Å². The molecule has 2 rings (SSSR count). The van der Waals surface area contributed by atoms with Gasteiger partial charge < -0.3 is 9.26 Å². The number of benzene rings is 1. The van der Waals surface area contributed by atoms with Crippen LogP contribution in [0, 0.1) is 11.6 Å². The summed E-state index contributed by atoms with van der Waals surface area (Å²) in [6, 6.07) is 4.12. The summed E-state index contributed by atoms with van der Waals surface area (Å²) in [5, 5.41) is 3.44. The lowest BCUT2D eigenvalue weighted by Gasteiger charge is -1.97. The molecule has 0 saturated carbocycles. The number of esters is 1. The van der Waals surface area contributed by atoms with E-state index in [0.717, 1.165) is 18.2 Å². The second-order valence-electron chi connectivity index (χ2n) is 3.42. The molecule has 0 aliphatic heterocycles. The van der Waals surface area contributed by atoms with Crippen molar-refractivity contribution in [2.45, 2.75) is 6.92 Å². The fourth-order valence-corrected chi connectivity index (χ4v) is 1.39. The van der Waals surface area contributed by atoms with E-state index >= 15 is 0 Å². The van der Waals surface area contributed by atoms with E-state index < -0.39 is 17.6 Å². The van der Waals surface area contributed by atoms with Crippen LogP contribution in [0.4, 0.5) is 8.78 Å². The first-order valence-corrected chi connectivity index (χ1v) is 5.21. The molecule has 0 aliphatic carbocycles. The van der Waals surface area contributed by atoms with Crippen molar-refractivity contribution in [2.24, 2.45) is 0 Å². The highest BCUT2D eigenvalue weighted by Gasteiger charge is 2.17. The highest BCUT2D eigenvalue weighted by molar-refractivity contribution is 5.88. The highest BCUT2D eigenvalue weighted by atomic mass is 19.1. The lowest BCUT2D eigenvalue weighted by Crippen LogP contribution is -2.04. The predicted octanol–water partition coefficient (Wildman–Crippen LogP) is 2.80. The number of ether oxygens (including phenoxy) is 1. The minimum Gasteiger partial charge on any atom is -0.461 e. The van der Waals surface area contributed by atoms with Crippen molar-refractivity contribution in [2.75, 3.05) is 6.61 Å². The quantitative estimate of drug-likeness (QED) is 0.789. The van der Waals surface area contributed by atoms with Crippen LogP contribution in [-0.2, 0) is 4.74 Å². The summed E-state index contributed by atoms with van der Waals surface area (Å²) >= 11 is 0. The second kappa shape index (κ2) is 4.95. The van der Waals surface area contributed by atoms with E-state index in [9.17, 15) is 13.6 Å². The maximum atomic E-state index is 13.4. The van der Waals surface area contributed by atoms with Crippen LogP contribution < -0.4 is 0 Å². The zero-order valence-electron chi connectivity index (χ0n) is 9.44. The summed E-state index contributed by atoms with van der Waals surface area (Å²) in [7, 11) is 0. The molecule has 0 fully saturated rings. The fraction of sp³-hybridized carbons (Fsp3) is 0.167. The Kier molecular flexibility index (Phi) is 3.36. The van der Waals surface area contributed by atoms with Crippen LogP contribution in [0.1, 0.15) is 17.4 Å². The SMILES string of the molecule is CCOC(=O)c1cc(-c2cc(F)ccc2F)on1. The van der Waals surface area contributed by atoms with Gasteiger partial charge in [-0.1, -0.05) is 5.16 Å². The van der Waals surface area contributed by atoms with Crippen LogP contribution in [0.5, 0.6) is 0 Å². The number of halogens is 2. The van der Waals surface area contributed by atoms with Gasteiger partial charge in [0.25, 0.3) is 0 Å². The van der Waals surface area contributed by atoms with Crippen molar-refractivity contribution >= 4 is 5.97 Å². The van der Waals surface area contributed by atoms with E-state index in [2.05, 4.69) is 5.16 Å². The molecule has 0 N–H and O–H groups in total. The molecule has 0 saturated heterocycles. The third-order valence-electron chi connectivity index (χ3n) is 2.19. The number of hydrogen-bond donors (Lipinski definition) is 0. The summed E-state index contributed by atoms with van der Waals surface area (Å²) in [4.78, 5) is 11.3. The third-order valence-corrected chi connectivity index (χ3v) is 2.19. The lowest BCUT2D eigenvalue weighted by atomic mass is 10.1.